The van der Waals surface area contributed by atoms with Crippen molar-refractivity contribution in [3.05, 3.63) is 47.9 Å². The van der Waals surface area contributed by atoms with Gasteiger partial charge in [0.1, 0.15) is 17.7 Å². The summed E-state index contributed by atoms with van der Waals surface area (Å²) in [5.74, 6) is 1.58. The van der Waals surface area contributed by atoms with Crippen LogP contribution in [0, 0.1) is 11.3 Å². The third kappa shape index (κ3) is 2.49. The maximum atomic E-state index is 8.75. The summed E-state index contributed by atoms with van der Waals surface area (Å²) in [6.45, 7) is 4.99. The third-order valence-electron chi connectivity index (χ3n) is 3.53. The van der Waals surface area contributed by atoms with Crippen LogP contribution < -0.4 is 5.32 Å². The van der Waals surface area contributed by atoms with E-state index in [2.05, 4.69) is 33.1 Å². The number of rotatable bonds is 4. The van der Waals surface area contributed by atoms with E-state index < -0.39 is 0 Å². The van der Waals surface area contributed by atoms with E-state index in [1.807, 2.05) is 31.2 Å². The molecule has 1 N–H and O–H groups in total. The Kier molecular flexibility index (Phi) is 3.71. The van der Waals surface area contributed by atoms with Crippen molar-refractivity contribution in [1.82, 2.24) is 19.7 Å². The molecule has 1 aromatic carbocycles. The van der Waals surface area contributed by atoms with E-state index in [1.165, 1.54) is 0 Å². The number of nitriles is 1. The Morgan fingerprint density at radius 2 is 2.05 bits per heavy atom. The zero-order valence-corrected chi connectivity index (χ0v) is 12.5. The van der Waals surface area contributed by atoms with Crippen molar-refractivity contribution < 1.29 is 0 Å². The molecule has 1 atom stereocenters. The number of nitrogens with zero attached hydrogens (tertiary/aromatic N) is 5. The molecule has 6 heteroatoms. The smallest absolute Gasteiger partial charge is 0.163 e. The van der Waals surface area contributed by atoms with Gasteiger partial charge >= 0.3 is 0 Å². The Morgan fingerprint density at radius 1 is 1.23 bits per heavy atom. The first-order valence-corrected chi connectivity index (χ1v) is 7.18. The van der Waals surface area contributed by atoms with Gasteiger partial charge in [-0.1, -0.05) is 12.1 Å². The van der Waals surface area contributed by atoms with Crippen LogP contribution in [0.2, 0.25) is 0 Å². The lowest BCUT2D eigenvalue weighted by atomic mass is 10.3. The first-order valence-electron chi connectivity index (χ1n) is 7.18. The van der Waals surface area contributed by atoms with Crippen molar-refractivity contribution in [2.75, 3.05) is 5.32 Å². The summed E-state index contributed by atoms with van der Waals surface area (Å²) in [4.78, 5) is 4.71. The number of benzene rings is 1. The van der Waals surface area contributed by atoms with Crippen LogP contribution in [0.3, 0.4) is 0 Å². The maximum absolute atomic E-state index is 8.75. The molecule has 0 saturated heterocycles. The molecule has 0 aliphatic heterocycles. The van der Waals surface area contributed by atoms with Crippen LogP contribution in [-0.4, -0.2) is 19.7 Å². The summed E-state index contributed by atoms with van der Waals surface area (Å²) in [5, 5.41) is 19.9. The molecule has 0 amide bonds. The first-order chi connectivity index (χ1) is 10.7. The Morgan fingerprint density at radius 3 is 2.73 bits per heavy atom. The Hall–Kier alpha value is -2.94. The number of nitrogens with one attached hydrogen (secondary N) is 1. The summed E-state index contributed by atoms with van der Waals surface area (Å²) in [5.41, 5.74) is 2.41. The third-order valence-corrected chi connectivity index (χ3v) is 3.53. The molecule has 0 saturated carbocycles. The van der Waals surface area contributed by atoms with Gasteiger partial charge in [0.05, 0.1) is 17.1 Å². The van der Waals surface area contributed by atoms with Crippen LogP contribution in [0.25, 0.3) is 11.0 Å². The van der Waals surface area contributed by atoms with Gasteiger partial charge in [0.2, 0.25) is 0 Å². The van der Waals surface area contributed by atoms with E-state index in [-0.39, 0.29) is 6.04 Å². The quantitative estimate of drug-likeness (QED) is 0.799. The van der Waals surface area contributed by atoms with Crippen LogP contribution >= 0.6 is 0 Å². The minimum atomic E-state index is -0.0189. The minimum Gasteiger partial charge on any atom is -0.359 e. The van der Waals surface area contributed by atoms with Gasteiger partial charge in [0, 0.05) is 6.54 Å². The van der Waals surface area contributed by atoms with Crippen LogP contribution in [0.1, 0.15) is 31.4 Å². The van der Waals surface area contributed by atoms with Gasteiger partial charge < -0.3 is 9.88 Å². The first kappa shape index (κ1) is 14.0. The van der Waals surface area contributed by atoms with E-state index in [0.29, 0.717) is 11.5 Å². The highest BCUT2D eigenvalue weighted by atomic mass is 15.2. The molecular weight excluding hydrogens is 276 g/mol. The molecule has 2 aromatic heterocycles. The predicted octanol–water partition coefficient (Wildman–Crippen LogP) is 2.89. The normalized spacial score (nSPS) is 12.0. The lowest BCUT2D eigenvalue weighted by molar-refractivity contribution is 0.671. The number of para-hydroxylation sites is 2. The average Bonchev–Trinajstić information content (AvgIpc) is 2.94. The molecule has 2 heterocycles. The summed E-state index contributed by atoms with van der Waals surface area (Å²) in [6, 6.07) is 13.4. The fraction of sp³-hybridized carbons (Fsp3) is 0.250. The number of hydrogen-bond donors (Lipinski definition) is 1. The van der Waals surface area contributed by atoms with E-state index in [9.17, 15) is 0 Å². The molecule has 0 unspecified atom stereocenters. The molecule has 6 nitrogen and oxygen atoms in total. The maximum Gasteiger partial charge on any atom is 0.163 e. The van der Waals surface area contributed by atoms with Gasteiger partial charge in [-0.3, -0.25) is 0 Å². The van der Waals surface area contributed by atoms with Crippen molar-refractivity contribution in [3.8, 4) is 6.07 Å². The molecule has 0 radical (unpaired) electrons. The Labute approximate surface area is 128 Å². The van der Waals surface area contributed by atoms with Gasteiger partial charge in [-0.2, -0.15) is 5.26 Å². The van der Waals surface area contributed by atoms with Gasteiger partial charge in [0.15, 0.2) is 5.69 Å². The van der Waals surface area contributed by atoms with Gasteiger partial charge in [-0.25, -0.2) is 4.98 Å². The highest BCUT2D eigenvalue weighted by Gasteiger charge is 2.16. The molecule has 0 bridgehead atoms. The fourth-order valence-corrected chi connectivity index (χ4v) is 2.51. The number of anilines is 1. The van der Waals surface area contributed by atoms with Crippen molar-refractivity contribution >= 4 is 16.9 Å². The van der Waals surface area contributed by atoms with E-state index in [0.717, 1.165) is 23.4 Å². The lowest BCUT2D eigenvalue weighted by Gasteiger charge is -2.15. The predicted molar refractivity (Wildman–Crippen MR) is 84.2 cm³/mol. The minimum absolute atomic E-state index is 0.0189. The van der Waals surface area contributed by atoms with Crippen LogP contribution in [-0.2, 0) is 6.54 Å². The highest BCUT2D eigenvalue weighted by Crippen LogP contribution is 2.22. The second-order valence-corrected chi connectivity index (χ2v) is 4.98. The molecule has 0 spiro atoms. The Bertz CT molecular complexity index is 828. The van der Waals surface area contributed by atoms with Gasteiger partial charge in [0.25, 0.3) is 0 Å². The molecule has 3 rings (SSSR count). The van der Waals surface area contributed by atoms with E-state index >= 15 is 0 Å². The van der Waals surface area contributed by atoms with Crippen molar-refractivity contribution in [2.24, 2.45) is 0 Å². The standard InChI is InChI=1S/C16H16N6/c1-3-22-14-7-5-4-6-13(14)19-16(22)11(2)18-15-9-8-12(10-17)20-21-15/h4-9,11H,3H2,1-2H3,(H,18,21)/t11-/m0/s1. The van der Waals surface area contributed by atoms with Crippen molar-refractivity contribution in [1.29, 1.82) is 5.26 Å². The molecule has 22 heavy (non-hydrogen) atoms. The molecule has 0 fully saturated rings. The Balaban J connectivity index is 1.91. The lowest BCUT2D eigenvalue weighted by Crippen LogP contribution is -2.14. The topological polar surface area (TPSA) is 79.4 Å². The number of imidazole rings is 1. The number of fused-ring (bicyclic) bond motifs is 1. The van der Waals surface area contributed by atoms with E-state index in [1.54, 1.807) is 12.1 Å². The van der Waals surface area contributed by atoms with Crippen LogP contribution in [0.15, 0.2) is 36.4 Å². The monoisotopic (exact) mass is 292 g/mol. The zero-order chi connectivity index (χ0) is 15.5. The average molecular weight is 292 g/mol. The van der Waals surface area contributed by atoms with E-state index in [4.69, 9.17) is 10.2 Å². The second kappa shape index (κ2) is 5.82. The summed E-state index contributed by atoms with van der Waals surface area (Å²) < 4.78 is 2.18. The largest absolute Gasteiger partial charge is 0.359 e. The molecule has 3 aromatic rings. The fourth-order valence-electron chi connectivity index (χ4n) is 2.51. The van der Waals surface area contributed by atoms with Gasteiger partial charge in [-0.15, -0.1) is 10.2 Å². The summed E-state index contributed by atoms with van der Waals surface area (Å²) in [7, 11) is 0. The number of aromatic nitrogens is 4. The second-order valence-electron chi connectivity index (χ2n) is 4.98. The van der Waals surface area contributed by atoms with Gasteiger partial charge in [-0.05, 0) is 38.1 Å². The summed E-state index contributed by atoms with van der Waals surface area (Å²) in [6.07, 6.45) is 0. The molecule has 0 aliphatic rings. The van der Waals surface area contributed by atoms with Crippen molar-refractivity contribution in [2.45, 2.75) is 26.4 Å². The molecule has 110 valence electrons. The van der Waals surface area contributed by atoms with Crippen LogP contribution in [0.5, 0.6) is 0 Å². The number of aryl methyl sites for hydroxylation is 1. The highest BCUT2D eigenvalue weighted by molar-refractivity contribution is 5.76. The van der Waals surface area contributed by atoms with Crippen molar-refractivity contribution in [3.63, 3.8) is 0 Å². The summed E-state index contributed by atoms with van der Waals surface area (Å²) >= 11 is 0. The number of hydrogen-bond acceptors (Lipinski definition) is 5. The molecule has 0 aliphatic carbocycles. The SMILES string of the molecule is CCn1c([C@H](C)Nc2ccc(C#N)nn2)nc2ccccc21. The zero-order valence-electron chi connectivity index (χ0n) is 12.5. The molecular formula is C16H16N6. The van der Waals surface area contributed by atoms with Crippen LogP contribution in [0.4, 0.5) is 5.82 Å².